The number of carbonyl (C=O) groups is 1. The van der Waals surface area contributed by atoms with E-state index >= 15 is 0 Å². The Hall–Kier alpha value is -0.640. The average Bonchev–Trinajstić information content (AvgIpc) is 1.82. The minimum atomic E-state index is -0.440. The lowest BCUT2D eigenvalue weighted by molar-refractivity contribution is -0.119. The molecule has 0 rings (SSSR count). The highest BCUT2D eigenvalue weighted by molar-refractivity contribution is 7.80. The van der Waals surface area contributed by atoms with Gasteiger partial charge in [-0.25, -0.2) is 0 Å². The van der Waals surface area contributed by atoms with Crippen LogP contribution in [0.3, 0.4) is 0 Å². The van der Waals surface area contributed by atoms with E-state index in [1.807, 2.05) is 32.8 Å². The normalized spacial score (nSPS) is 10.8. The summed E-state index contributed by atoms with van der Waals surface area (Å²) in [5.74, 6) is -0.0656. The minimum absolute atomic E-state index is 0.0656. The number of rotatable bonds is 2. The van der Waals surface area contributed by atoms with Crippen molar-refractivity contribution in [3.05, 3.63) is 0 Å². The first-order valence-electron chi connectivity index (χ1n) is 3.78. The van der Waals surface area contributed by atoms with Crippen LogP contribution in [0, 0.1) is 0 Å². The Balaban J connectivity index is 4.39. The first-order valence-corrected chi connectivity index (χ1v) is 4.18. The molecule has 0 heterocycles. The van der Waals surface area contributed by atoms with Crippen molar-refractivity contribution in [2.45, 2.75) is 26.3 Å². The molecular weight excluding hydrogens is 172 g/mol. The number of hydrogen-bond donors (Lipinski definition) is 1. The molecule has 0 fully saturated rings. The van der Waals surface area contributed by atoms with Crippen LogP contribution in [0.5, 0.6) is 0 Å². The Morgan fingerprint density at radius 3 is 2.08 bits per heavy atom. The Kier molecular flexibility index (Phi) is 3.64. The summed E-state index contributed by atoms with van der Waals surface area (Å²) in [6.07, 6.45) is 0. The van der Waals surface area contributed by atoms with Gasteiger partial charge in [-0.15, -0.1) is 0 Å². The van der Waals surface area contributed by atoms with Crippen molar-refractivity contribution in [1.82, 2.24) is 10.2 Å². The third kappa shape index (κ3) is 3.17. The summed E-state index contributed by atoms with van der Waals surface area (Å²) in [7, 11) is 3.73. The zero-order chi connectivity index (χ0) is 9.94. The van der Waals surface area contributed by atoms with Crippen LogP contribution in [0.25, 0.3) is 0 Å². The zero-order valence-corrected chi connectivity index (χ0v) is 9.08. The lowest BCUT2D eigenvalue weighted by Gasteiger charge is -2.30. The third-order valence-electron chi connectivity index (χ3n) is 1.43. The molecule has 0 aliphatic carbocycles. The SMILES string of the molecule is CC(=O)NC(C)(C)C(=S)N(C)C. The van der Waals surface area contributed by atoms with E-state index < -0.39 is 5.54 Å². The first-order chi connectivity index (χ1) is 5.27. The van der Waals surface area contributed by atoms with E-state index in [0.717, 1.165) is 4.99 Å². The Morgan fingerprint density at radius 1 is 1.42 bits per heavy atom. The highest BCUT2D eigenvalue weighted by atomic mass is 32.1. The van der Waals surface area contributed by atoms with Gasteiger partial charge in [-0.1, -0.05) is 12.2 Å². The van der Waals surface area contributed by atoms with Gasteiger partial charge in [0.25, 0.3) is 0 Å². The van der Waals surface area contributed by atoms with Gasteiger partial charge in [0, 0.05) is 21.0 Å². The molecule has 4 heteroatoms. The van der Waals surface area contributed by atoms with Crippen molar-refractivity contribution in [3.8, 4) is 0 Å². The quantitative estimate of drug-likeness (QED) is 0.650. The highest BCUT2D eigenvalue weighted by Crippen LogP contribution is 2.07. The van der Waals surface area contributed by atoms with Crippen molar-refractivity contribution < 1.29 is 4.79 Å². The molecule has 0 aliphatic heterocycles. The standard InChI is InChI=1S/C8H16N2OS/c1-6(11)9-8(2,3)7(12)10(4)5/h1-5H3,(H,9,11). The number of nitrogens with one attached hydrogen (secondary N) is 1. The van der Waals surface area contributed by atoms with Gasteiger partial charge in [0.15, 0.2) is 0 Å². The summed E-state index contributed by atoms with van der Waals surface area (Å²) in [5.41, 5.74) is -0.440. The lowest BCUT2D eigenvalue weighted by Crippen LogP contribution is -2.52. The van der Waals surface area contributed by atoms with Crippen molar-refractivity contribution in [2.75, 3.05) is 14.1 Å². The van der Waals surface area contributed by atoms with Crippen LogP contribution < -0.4 is 5.32 Å². The van der Waals surface area contributed by atoms with Crippen LogP contribution in [0.4, 0.5) is 0 Å². The van der Waals surface area contributed by atoms with Gasteiger partial charge in [0.05, 0.1) is 5.54 Å². The maximum absolute atomic E-state index is 10.8. The molecule has 0 unspecified atom stereocenters. The van der Waals surface area contributed by atoms with Gasteiger partial charge in [-0.2, -0.15) is 0 Å². The van der Waals surface area contributed by atoms with Crippen molar-refractivity contribution in [3.63, 3.8) is 0 Å². The summed E-state index contributed by atoms with van der Waals surface area (Å²) in [4.78, 5) is 13.3. The second-order valence-corrected chi connectivity index (χ2v) is 3.89. The van der Waals surface area contributed by atoms with E-state index in [1.165, 1.54) is 6.92 Å². The van der Waals surface area contributed by atoms with Crippen LogP contribution in [-0.2, 0) is 4.79 Å². The molecule has 0 aromatic carbocycles. The second kappa shape index (κ2) is 3.85. The van der Waals surface area contributed by atoms with E-state index in [0.29, 0.717) is 0 Å². The van der Waals surface area contributed by atoms with Crippen LogP contribution in [0.2, 0.25) is 0 Å². The lowest BCUT2D eigenvalue weighted by atomic mass is 10.1. The molecule has 1 N–H and O–H groups in total. The molecule has 0 bridgehead atoms. The highest BCUT2D eigenvalue weighted by Gasteiger charge is 2.25. The van der Waals surface area contributed by atoms with Crippen molar-refractivity contribution >= 4 is 23.1 Å². The molecular formula is C8H16N2OS. The van der Waals surface area contributed by atoms with E-state index in [2.05, 4.69) is 5.32 Å². The van der Waals surface area contributed by atoms with E-state index in [1.54, 1.807) is 0 Å². The van der Waals surface area contributed by atoms with Crippen LogP contribution >= 0.6 is 12.2 Å². The summed E-state index contributed by atoms with van der Waals surface area (Å²) < 4.78 is 0. The van der Waals surface area contributed by atoms with Gasteiger partial charge in [0.1, 0.15) is 4.99 Å². The molecule has 12 heavy (non-hydrogen) atoms. The number of carbonyl (C=O) groups excluding carboxylic acids is 1. The Labute approximate surface area is 79.1 Å². The van der Waals surface area contributed by atoms with Crippen molar-refractivity contribution in [2.24, 2.45) is 0 Å². The fourth-order valence-corrected chi connectivity index (χ4v) is 1.10. The maximum atomic E-state index is 10.8. The average molecular weight is 188 g/mol. The number of amides is 1. The molecule has 0 spiro atoms. The summed E-state index contributed by atoms with van der Waals surface area (Å²) in [6, 6.07) is 0. The molecule has 0 radical (unpaired) electrons. The number of likely N-dealkylation sites (N-methyl/N-ethyl adjacent to an activating group) is 1. The maximum Gasteiger partial charge on any atom is 0.217 e. The molecule has 0 atom stereocenters. The van der Waals surface area contributed by atoms with Gasteiger partial charge in [0.2, 0.25) is 5.91 Å². The van der Waals surface area contributed by atoms with Crippen molar-refractivity contribution in [1.29, 1.82) is 0 Å². The number of hydrogen-bond acceptors (Lipinski definition) is 2. The first kappa shape index (κ1) is 11.4. The molecule has 0 aromatic heterocycles. The largest absolute Gasteiger partial charge is 0.370 e. The molecule has 70 valence electrons. The third-order valence-corrected chi connectivity index (χ3v) is 2.30. The van der Waals surface area contributed by atoms with Crippen LogP contribution in [0.1, 0.15) is 20.8 Å². The molecule has 0 aliphatic rings. The predicted molar refractivity (Wildman–Crippen MR) is 54.2 cm³/mol. The molecule has 0 saturated heterocycles. The minimum Gasteiger partial charge on any atom is -0.370 e. The smallest absolute Gasteiger partial charge is 0.217 e. The molecule has 0 aromatic rings. The van der Waals surface area contributed by atoms with Gasteiger partial charge < -0.3 is 10.2 Å². The number of thiocarbonyl (C=S) groups is 1. The summed E-state index contributed by atoms with van der Waals surface area (Å²) >= 11 is 5.14. The van der Waals surface area contributed by atoms with Gasteiger partial charge >= 0.3 is 0 Å². The molecule has 1 amide bonds. The number of nitrogens with zero attached hydrogens (tertiary/aromatic N) is 1. The zero-order valence-electron chi connectivity index (χ0n) is 8.26. The topological polar surface area (TPSA) is 32.3 Å². The molecule has 0 saturated carbocycles. The monoisotopic (exact) mass is 188 g/mol. The van der Waals surface area contributed by atoms with Crippen LogP contribution in [-0.4, -0.2) is 35.4 Å². The fourth-order valence-electron chi connectivity index (χ4n) is 1.05. The van der Waals surface area contributed by atoms with Gasteiger partial charge in [-0.05, 0) is 13.8 Å². The van der Waals surface area contributed by atoms with E-state index in [-0.39, 0.29) is 5.91 Å². The summed E-state index contributed by atoms with van der Waals surface area (Å²) in [5, 5.41) is 2.78. The van der Waals surface area contributed by atoms with E-state index in [4.69, 9.17) is 12.2 Å². The Morgan fingerprint density at radius 2 is 1.83 bits per heavy atom. The fraction of sp³-hybridized carbons (Fsp3) is 0.750. The second-order valence-electron chi connectivity index (χ2n) is 3.51. The van der Waals surface area contributed by atoms with Gasteiger partial charge in [-0.3, -0.25) is 4.79 Å². The van der Waals surface area contributed by atoms with Crippen LogP contribution in [0.15, 0.2) is 0 Å². The Bertz CT molecular complexity index is 199. The summed E-state index contributed by atoms with van der Waals surface area (Å²) in [6.45, 7) is 5.26. The molecule has 3 nitrogen and oxygen atoms in total. The van der Waals surface area contributed by atoms with E-state index in [9.17, 15) is 4.79 Å². The predicted octanol–water partition coefficient (Wildman–Crippen LogP) is 0.790.